The summed E-state index contributed by atoms with van der Waals surface area (Å²) >= 11 is 0. The summed E-state index contributed by atoms with van der Waals surface area (Å²) in [7, 11) is 4.62. The summed E-state index contributed by atoms with van der Waals surface area (Å²) in [6, 6.07) is 13.1. The van der Waals surface area contributed by atoms with Gasteiger partial charge in [0.05, 0.1) is 34.0 Å². The van der Waals surface area contributed by atoms with Crippen molar-refractivity contribution in [2.75, 3.05) is 60.6 Å². The summed E-state index contributed by atoms with van der Waals surface area (Å²) in [5.41, 5.74) is 1.36. The quantitative estimate of drug-likeness (QED) is 0.545. The number of benzene rings is 2. The fourth-order valence-electron chi connectivity index (χ4n) is 3.72. The van der Waals surface area contributed by atoms with E-state index < -0.39 is 6.10 Å². The summed E-state index contributed by atoms with van der Waals surface area (Å²) < 4.78 is 16.1. The van der Waals surface area contributed by atoms with Crippen LogP contribution in [0.5, 0.6) is 17.2 Å². The number of Topliss-reactive ketones (excluding diaryl/α,β-unsaturated/α-hetero) is 1. The number of piperazine rings is 1. The Hall–Kier alpha value is -2.03. The predicted octanol–water partition coefficient (Wildman–Crippen LogP) is 3.09. The highest BCUT2D eigenvalue weighted by atomic mass is 35.5. The van der Waals surface area contributed by atoms with Gasteiger partial charge in [-0.05, 0) is 5.56 Å². The van der Waals surface area contributed by atoms with Gasteiger partial charge in [0, 0.05) is 44.9 Å². The molecule has 0 radical (unpaired) electrons. The Morgan fingerprint density at radius 1 is 0.906 bits per heavy atom. The Balaban J connectivity index is 0.00000256. The number of carbonyl (C=O) groups is 1. The molecule has 1 saturated heterocycles. The molecule has 3 rings (SSSR count). The Labute approximate surface area is 202 Å². The number of ketones is 1. The summed E-state index contributed by atoms with van der Waals surface area (Å²) in [4.78, 5) is 17.4. The van der Waals surface area contributed by atoms with E-state index in [1.54, 1.807) is 19.2 Å². The maximum Gasteiger partial charge on any atom is 0.184 e. The summed E-state index contributed by atoms with van der Waals surface area (Å²) in [6.07, 6.45) is -0.507. The maximum absolute atomic E-state index is 13.0. The first-order valence-electron chi connectivity index (χ1n) is 10.1. The van der Waals surface area contributed by atoms with Crippen LogP contribution >= 0.6 is 24.8 Å². The zero-order chi connectivity index (χ0) is 21.5. The number of aliphatic hydroxyl groups is 1. The lowest BCUT2D eigenvalue weighted by Gasteiger charge is -2.35. The Kier molecular flexibility index (Phi) is 11.8. The second-order valence-electron chi connectivity index (χ2n) is 7.33. The largest absolute Gasteiger partial charge is 0.496 e. The molecule has 7 nitrogen and oxygen atoms in total. The molecule has 0 aliphatic carbocycles. The third-order valence-electron chi connectivity index (χ3n) is 5.44. The molecule has 1 aliphatic heterocycles. The van der Waals surface area contributed by atoms with Crippen molar-refractivity contribution in [1.82, 2.24) is 9.80 Å². The molecular weight excluding hydrogens is 455 g/mol. The number of β-amino-alcohol motifs (C(OH)–C–C–N with tert-alkyl or cyclic N) is 1. The normalized spacial score (nSPS) is 15.1. The second-order valence-corrected chi connectivity index (χ2v) is 7.33. The van der Waals surface area contributed by atoms with Crippen LogP contribution in [0.2, 0.25) is 0 Å². The summed E-state index contributed by atoms with van der Waals surface area (Å²) in [6.45, 7) is 3.99. The van der Waals surface area contributed by atoms with Crippen molar-refractivity contribution in [3.63, 3.8) is 0 Å². The molecule has 1 fully saturated rings. The first-order valence-corrected chi connectivity index (χ1v) is 10.1. The van der Waals surface area contributed by atoms with Gasteiger partial charge in [-0.15, -0.1) is 24.8 Å². The molecule has 2 aromatic carbocycles. The fraction of sp³-hybridized carbons (Fsp3) is 0.435. The Morgan fingerprint density at radius 3 is 1.94 bits per heavy atom. The number of nitrogens with zero attached hydrogens (tertiary/aromatic N) is 2. The van der Waals surface area contributed by atoms with E-state index in [1.165, 1.54) is 14.2 Å². The van der Waals surface area contributed by atoms with Crippen LogP contribution in [0.3, 0.4) is 0 Å². The molecular formula is C23H32Cl2N2O5. The number of rotatable bonds is 9. The lowest BCUT2D eigenvalue weighted by Crippen LogP contribution is -2.48. The highest BCUT2D eigenvalue weighted by Gasteiger charge is 2.25. The van der Waals surface area contributed by atoms with Gasteiger partial charge in [-0.2, -0.15) is 0 Å². The van der Waals surface area contributed by atoms with Gasteiger partial charge >= 0.3 is 0 Å². The average Bonchev–Trinajstić information content (AvgIpc) is 2.79. The topological polar surface area (TPSA) is 71.5 Å². The maximum atomic E-state index is 13.0. The molecule has 1 N–H and O–H groups in total. The molecule has 0 aromatic heterocycles. The molecule has 32 heavy (non-hydrogen) atoms. The van der Waals surface area contributed by atoms with E-state index in [0.717, 1.165) is 31.7 Å². The van der Waals surface area contributed by atoms with Crippen LogP contribution in [0.1, 0.15) is 22.0 Å². The van der Waals surface area contributed by atoms with E-state index >= 15 is 0 Å². The smallest absolute Gasteiger partial charge is 0.184 e. The van der Waals surface area contributed by atoms with Crippen molar-refractivity contribution in [2.45, 2.75) is 6.10 Å². The van der Waals surface area contributed by atoms with Crippen LogP contribution in [-0.4, -0.2) is 81.3 Å². The minimum atomic E-state index is -0.507. The summed E-state index contributed by atoms with van der Waals surface area (Å²) in [5, 5.41) is 10.4. The van der Waals surface area contributed by atoms with Crippen LogP contribution in [-0.2, 0) is 0 Å². The van der Waals surface area contributed by atoms with Gasteiger partial charge in [-0.25, -0.2) is 0 Å². The first kappa shape index (κ1) is 28.0. The Morgan fingerprint density at radius 2 is 1.44 bits per heavy atom. The van der Waals surface area contributed by atoms with Crippen LogP contribution in [0.15, 0.2) is 42.5 Å². The zero-order valence-electron chi connectivity index (χ0n) is 18.7. The van der Waals surface area contributed by atoms with E-state index in [-0.39, 0.29) is 37.1 Å². The molecule has 0 bridgehead atoms. The number of carbonyl (C=O) groups excluding carboxylic acids is 1. The van der Waals surface area contributed by atoms with Crippen LogP contribution in [0.25, 0.3) is 0 Å². The second kappa shape index (κ2) is 13.5. The highest BCUT2D eigenvalue weighted by molar-refractivity contribution is 6.03. The van der Waals surface area contributed by atoms with E-state index in [4.69, 9.17) is 14.2 Å². The fourth-order valence-corrected chi connectivity index (χ4v) is 3.72. The SMILES string of the molecule is COc1cc(OC)c(C(=O)CN2CCN(CC(O)c3ccccc3)CC2)c(OC)c1.Cl.Cl. The van der Waals surface area contributed by atoms with Crippen molar-refractivity contribution in [1.29, 1.82) is 0 Å². The van der Waals surface area contributed by atoms with Crippen molar-refractivity contribution in [3.05, 3.63) is 53.6 Å². The molecule has 178 valence electrons. The molecule has 1 unspecified atom stereocenters. The third kappa shape index (κ3) is 6.98. The van der Waals surface area contributed by atoms with Gasteiger partial charge in [-0.3, -0.25) is 14.6 Å². The number of methoxy groups -OCH3 is 3. The van der Waals surface area contributed by atoms with Gasteiger partial charge in [0.2, 0.25) is 0 Å². The van der Waals surface area contributed by atoms with Crippen molar-refractivity contribution < 1.29 is 24.1 Å². The average molecular weight is 487 g/mol. The van der Waals surface area contributed by atoms with Gasteiger partial charge in [0.15, 0.2) is 5.78 Å². The van der Waals surface area contributed by atoms with Gasteiger partial charge < -0.3 is 19.3 Å². The lowest BCUT2D eigenvalue weighted by atomic mass is 10.1. The number of hydrogen-bond donors (Lipinski definition) is 1. The minimum absolute atomic E-state index is 0. The molecule has 0 saturated carbocycles. The molecule has 1 atom stereocenters. The summed E-state index contributed by atoms with van der Waals surface area (Å²) in [5.74, 6) is 1.41. The number of aliphatic hydroxyl groups excluding tert-OH is 1. The van der Waals surface area contributed by atoms with Gasteiger partial charge in [0.25, 0.3) is 0 Å². The molecule has 1 heterocycles. The van der Waals surface area contributed by atoms with Gasteiger partial charge in [0.1, 0.15) is 22.8 Å². The van der Waals surface area contributed by atoms with Crippen LogP contribution in [0, 0.1) is 0 Å². The minimum Gasteiger partial charge on any atom is -0.496 e. The van der Waals surface area contributed by atoms with E-state index in [2.05, 4.69) is 9.80 Å². The molecule has 9 heteroatoms. The number of hydrogen-bond acceptors (Lipinski definition) is 7. The predicted molar refractivity (Wildman–Crippen MR) is 129 cm³/mol. The van der Waals surface area contributed by atoms with Crippen molar-refractivity contribution in [2.24, 2.45) is 0 Å². The lowest BCUT2D eigenvalue weighted by molar-refractivity contribution is 0.0660. The van der Waals surface area contributed by atoms with E-state index in [0.29, 0.717) is 29.4 Å². The van der Waals surface area contributed by atoms with Crippen LogP contribution in [0.4, 0.5) is 0 Å². The number of ether oxygens (including phenoxy) is 3. The van der Waals surface area contributed by atoms with E-state index in [1.807, 2.05) is 30.3 Å². The first-order chi connectivity index (χ1) is 14.5. The molecule has 0 amide bonds. The highest BCUT2D eigenvalue weighted by Crippen LogP contribution is 2.34. The zero-order valence-corrected chi connectivity index (χ0v) is 20.3. The molecule has 2 aromatic rings. The van der Waals surface area contributed by atoms with Crippen molar-refractivity contribution in [3.8, 4) is 17.2 Å². The van der Waals surface area contributed by atoms with Crippen molar-refractivity contribution >= 4 is 30.6 Å². The third-order valence-corrected chi connectivity index (χ3v) is 5.44. The molecule has 0 spiro atoms. The van der Waals surface area contributed by atoms with E-state index in [9.17, 15) is 9.90 Å². The Bertz CT molecular complexity index is 821. The van der Waals surface area contributed by atoms with Gasteiger partial charge in [-0.1, -0.05) is 30.3 Å². The number of halogens is 2. The van der Waals surface area contributed by atoms with Crippen LogP contribution < -0.4 is 14.2 Å². The standard InChI is InChI=1S/C23H30N2O5.2ClH/c1-28-18-13-21(29-2)23(22(14-18)30-3)20(27)16-25-11-9-24(10-12-25)15-19(26)17-7-5-4-6-8-17;;/h4-8,13-14,19,26H,9-12,15-16H2,1-3H3;2*1H. The molecule has 1 aliphatic rings. The monoisotopic (exact) mass is 486 g/mol.